The standard InChI is InChI=1S/C16H24N2O/c1-3-18(11-12-19-4-2)14-16-8-5-7-15(13-16)9-6-10-17/h5,7-8,13H,3-4,10-12,14,17H2,1-2H3. The third kappa shape index (κ3) is 6.40. The molecule has 19 heavy (non-hydrogen) atoms. The largest absolute Gasteiger partial charge is 0.380 e. The van der Waals surface area contributed by atoms with Gasteiger partial charge in [0, 0.05) is 25.3 Å². The molecule has 0 unspecified atom stereocenters. The molecule has 0 spiro atoms. The van der Waals surface area contributed by atoms with Crippen molar-refractivity contribution >= 4 is 0 Å². The van der Waals surface area contributed by atoms with Gasteiger partial charge in [-0.15, -0.1) is 0 Å². The third-order valence-corrected chi connectivity index (χ3v) is 2.87. The lowest BCUT2D eigenvalue weighted by atomic mass is 10.1. The first-order chi connectivity index (χ1) is 9.30. The van der Waals surface area contributed by atoms with Gasteiger partial charge in [-0.3, -0.25) is 4.90 Å². The van der Waals surface area contributed by atoms with Gasteiger partial charge in [-0.1, -0.05) is 30.9 Å². The molecular formula is C16H24N2O. The number of nitrogens with two attached hydrogens (primary N) is 1. The maximum Gasteiger partial charge on any atom is 0.0593 e. The SMILES string of the molecule is CCOCCN(CC)Cc1cccc(C#CCN)c1. The highest BCUT2D eigenvalue weighted by atomic mass is 16.5. The van der Waals surface area contributed by atoms with Crippen molar-refractivity contribution in [2.24, 2.45) is 5.73 Å². The fourth-order valence-electron chi connectivity index (χ4n) is 1.85. The van der Waals surface area contributed by atoms with Crippen molar-refractivity contribution in [1.82, 2.24) is 4.90 Å². The van der Waals surface area contributed by atoms with Crippen LogP contribution in [0, 0.1) is 11.8 Å². The molecule has 2 N–H and O–H groups in total. The highest BCUT2D eigenvalue weighted by Crippen LogP contribution is 2.07. The number of benzene rings is 1. The lowest BCUT2D eigenvalue weighted by molar-refractivity contribution is 0.113. The second kappa shape index (κ2) is 9.57. The summed E-state index contributed by atoms with van der Waals surface area (Å²) >= 11 is 0. The summed E-state index contributed by atoms with van der Waals surface area (Å²) in [7, 11) is 0. The molecule has 0 amide bonds. The molecule has 0 bridgehead atoms. The molecule has 0 aliphatic heterocycles. The van der Waals surface area contributed by atoms with Crippen LogP contribution in [0.5, 0.6) is 0 Å². The van der Waals surface area contributed by atoms with Gasteiger partial charge in [-0.2, -0.15) is 0 Å². The smallest absolute Gasteiger partial charge is 0.0593 e. The molecule has 0 aliphatic rings. The van der Waals surface area contributed by atoms with Crippen molar-refractivity contribution in [1.29, 1.82) is 0 Å². The van der Waals surface area contributed by atoms with E-state index in [1.807, 2.05) is 19.1 Å². The first-order valence-electron chi connectivity index (χ1n) is 6.88. The maximum absolute atomic E-state index is 5.40. The van der Waals surface area contributed by atoms with Gasteiger partial charge in [0.05, 0.1) is 13.2 Å². The van der Waals surface area contributed by atoms with Crippen molar-refractivity contribution in [3.8, 4) is 11.8 Å². The summed E-state index contributed by atoms with van der Waals surface area (Å²) in [5.74, 6) is 5.96. The Labute approximate surface area is 116 Å². The Morgan fingerprint density at radius 2 is 2.16 bits per heavy atom. The van der Waals surface area contributed by atoms with E-state index in [1.54, 1.807) is 0 Å². The highest BCUT2D eigenvalue weighted by molar-refractivity contribution is 5.37. The molecule has 1 aromatic carbocycles. The highest BCUT2D eigenvalue weighted by Gasteiger charge is 2.03. The molecule has 1 rings (SSSR count). The molecule has 0 heterocycles. The van der Waals surface area contributed by atoms with Gasteiger partial charge < -0.3 is 10.5 Å². The van der Waals surface area contributed by atoms with E-state index in [4.69, 9.17) is 10.5 Å². The molecule has 104 valence electrons. The van der Waals surface area contributed by atoms with E-state index in [1.165, 1.54) is 5.56 Å². The molecule has 0 fully saturated rings. The number of ether oxygens (including phenoxy) is 1. The van der Waals surface area contributed by atoms with Gasteiger partial charge in [0.25, 0.3) is 0 Å². The summed E-state index contributed by atoms with van der Waals surface area (Å²) in [4.78, 5) is 2.37. The summed E-state index contributed by atoms with van der Waals surface area (Å²) in [5, 5.41) is 0. The molecule has 0 radical (unpaired) electrons. The van der Waals surface area contributed by atoms with Crippen LogP contribution in [0.1, 0.15) is 25.0 Å². The van der Waals surface area contributed by atoms with Gasteiger partial charge in [0.1, 0.15) is 0 Å². The predicted molar refractivity (Wildman–Crippen MR) is 79.8 cm³/mol. The summed E-state index contributed by atoms with van der Waals surface area (Å²) < 4.78 is 5.40. The van der Waals surface area contributed by atoms with E-state index >= 15 is 0 Å². The van der Waals surface area contributed by atoms with Crippen molar-refractivity contribution in [3.63, 3.8) is 0 Å². The van der Waals surface area contributed by atoms with Crippen LogP contribution in [0.4, 0.5) is 0 Å². The first kappa shape index (κ1) is 15.7. The van der Waals surface area contributed by atoms with Crippen LogP contribution in [-0.2, 0) is 11.3 Å². The molecule has 0 aliphatic carbocycles. The fourth-order valence-corrected chi connectivity index (χ4v) is 1.85. The second-order valence-corrected chi connectivity index (χ2v) is 4.27. The van der Waals surface area contributed by atoms with Gasteiger partial charge in [0.15, 0.2) is 0 Å². The van der Waals surface area contributed by atoms with E-state index in [9.17, 15) is 0 Å². The number of hydrogen-bond donors (Lipinski definition) is 1. The van der Waals surface area contributed by atoms with Crippen molar-refractivity contribution in [2.75, 3.05) is 32.8 Å². The molecular weight excluding hydrogens is 236 g/mol. The summed E-state index contributed by atoms with van der Waals surface area (Å²) in [5.41, 5.74) is 7.70. The van der Waals surface area contributed by atoms with Crippen LogP contribution in [-0.4, -0.2) is 37.7 Å². The van der Waals surface area contributed by atoms with Crippen LogP contribution in [0.25, 0.3) is 0 Å². The first-order valence-corrected chi connectivity index (χ1v) is 6.88. The van der Waals surface area contributed by atoms with Crippen molar-refractivity contribution in [3.05, 3.63) is 35.4 Å². The van der Waals surface area contributed by atoms with E-state index in [2.05, 4.69) is 35.8 Å². The van der Waals surface area contributed by atoms with E-state index in [0.717, 1.165) is 38.4 Å². The Morgan fingerprint density at radius 3 is 2.84 bits per heavy atom. The van der Waals surface area contributed by atoms with Crippen LogP contribution in [0.15, 0.2) is 24.3 Å². The van der Waals surface area contributed by atoms with Crippen molar-refractivity contribution in [2.45, 2.75) is 20.4 Å². The van der Waals surface area contributed by atoms with Gasteiger partial charge in [-0.25, -0.2) is 0 Å². The zero-order valence-electron chi connectivity index (χ0n) is 12.0. The van der Waals surface area contributed by atoms with Crippen LogP contribution in [0.2, 0.25) is 0 Å². The normalized spacial score (nSPS) is 10.3. The molecule has 0 saturated carbocycles. The minimum atomic E-state index is 0.402. The minimum absolute atomic E-state index is 0.402. The molecule has 0 saturated heterocycles. The number of hydrogen-bond acceptors (Lipinski definition) is 3. The third-order valence-electron chi connectivity index (χ3n) is 2.87. The summed E-state index contributed by atoms with van der Waals surface area (Å²) in [6.45, 7) is 9.08. The Kier molecular flexibility index (Phi) is 7.92. The minimum Gasteiger partial charge on any atom is -0.380 e. The summed E-state index contributed by atoms with van der Waals surface area (Å²) in [6.07, 6.45) is 0. The zero-order chi connectivity index (χ0) is 13.9. The van der Waals surface area contributed by atoms with E-state index in [0.29, 0.717) is 6.54 Å². The van der Waals surface area contributed by atoms with Crippen LogP contribution >= 0.6 is 0 Å². The van der Waals surface area contributed by atoms with Gasteiger partial charge >= 0.3 is 0 Å². The molecule has 1 aromatic rings. The number of nitrogens with zero attached hydrogens (tertiary/aromatic N) is 1. The number of rotatable bonds is 7. The average molecular weight is 260 g/mol. The lowest BCUT2D eigenvalue weighted by Gasteiger charge is -2.20. The average Bonchev–Trinajstić information content (AvgIpc) is 2.44. The molecule has 3 nitrogen and oxygen atoms in total. The van der Waals surface area contributed by atoms with Crippen LogP contribution < -0.4 is 5.73 Å². The van der Waals surface area contributed by atoms with Gasteiger partial charge in [0.2, 0.25) is 0 Å². The number of likely N-dealkylation sites (N-methyl/N-ethyl adjacent to an activating group) is 1. The Bertz CT molecular complexity index is 420. The molecule has 0 atom stereocenters. The van der Waals surface area contributed by atoms with Gasteiger partial charge in [-0.05, 0) is 31.2 Å². The zero-order valence-corrected chi connectivity index (χ0v) is 12.0. The fraction of sp³-hybridized carbons (Fsp3) is 0.500. The van der Waals surface area contributed by atoms with Crippen LogP contribution in [0.3, 0.4) is 0 Å². The molecule has 3 heteroatoms. The van der Waals surface area contributed by atoms with E-state index in [-0.39, 0.29) is 0 Å². The Hall–Kier alpha value is -1.34. The predicted octanol–water partition coefficient (Wildman–Crippen LogP) is 1.86. The molecule has 0 aromatic heterocycles. The summed E-state index contributed by atoms with van der Waals surface area (Å²) in [6, 6.07) is 8.33. The lowest BCUT2D eigenvalue weighted by Crippen LogP contribution is -2.27. The maximum atomic E-state index is 5.40. The Balaban J connectivity index is 2.58. The monoisotopic (exact) mass is 260 g/mol. The Morgan fingerprint density at radius 1 is 1.32 bits per heavy atom. The topological polar surface area (TPSA) is 38.5 Å². The quantitative estimate of drug-likeness (QED) is 0.601. The second-order valence-electron chi connectivity index (χ2n) is 4.27. The van der Waals surface area contributed by atoms with E-state index < -0.39 is 0 Å². The van der Waals surface area contributed by atoms with Crippen molar-refractivity contribution < 1.29 is 4.74 Å².